The summed E-state index contributed by atoms with van der Waals surface area (Å²) in [6, 6.07) is 7.32. The molecule has 0 radical (unpaired) electrons. The molecule has 1 aromatic carbocycles. The molecule has 0 aliphatic carbocycles. The van der Waals surface area contributed by atoms with Gasteiger partial charge in [0.1, 0.15) is 11.9 Å². The number of benzene rings is 1. The highest BCUT2D eigenvalue weighted by molar-refractivity contribution is 5.63. The number of hydrogen-bond donors (Lipinski definition) is 1. The molecule has 0 amide bonds. The van der Waals surface area contributed by atoms with E-state index < -0.39 is 6.36 Å². The van der Waals surface area contributed by atoms with E-state index in [1.54, 1.807) is 12.1 Å². The Morgan fingerprint density at radius 3 is 2.50 bits per heavy atom. The summed E-state index contributed by atoms with van der Waals surface area (Å²) in [5.74, 6) is -0.187. The fourth-order valence-corrected chi connectivity index (χ4v) is 1.37. The van der Waals surface area contributed by atoms with Crippen LogP contribution >= 0.6 is 0 Å². The van der Waals surface area contributed by atoms with Gasteiger partial charge in [-0.1, -0.05) is 12.1 Å². The molecule has 0 bridgehead atoms. The van der Waals surface area contributed by atoms with E-state index in [1.807, 2.05) is 0 Å². The van der Waals surface area contributed by atoms with Gasteiger partial charge in [-0.2, -0.15) is 5.26 Å². The average Bonchev–Trinajstić information content (AvgIpc) is 2.40. The Morgan fingerprint density at radius 2 is 1.90 bits per heavy atom. The van der Waals surface area contributed by atoms with Gasteiger partial charge in [0.25, 0.3) is 0 Å². The average molecular weight is 280 g/mol. The predicted molar refractivity (Wildman–Crippen MR) is 63.2 cm³/mol. The van der Waals surface area contributed by atoms with Crippen molar-refractivity contribution in [2.75, 3.05) is 5.32 Å². The molecule has 5 nitrogen and oxygen atoms in total. The molecular formula is C12H7F3N4O. The first-order valence-electron chi connectivity index (χ1n) is 5.32. The Hall–Kier alpha value is -2.82. The fraction of sp³-hybridized carbons (Fsp3) is 0.0833. The summed E-state index contributed by atoms with van der Waals surface area (Å²) < 4.78 is 40.6. The zero-order chi connectivity index (χ0) is 14.6. The topological polar surface area (TPSA) is 70.8 Å². The molecule has 0 saturated heterocycles. The third-order valence-electron chi connectivity index (χ3n) is 2.14. The van der Waals surface area contributed by atoms with Crippen molar-refractivity contribution in [3.05, 3.63) is 42.4 Å². The molecule has 1 aromatic heterocycles. The van der Waals surface area contributed by atoms with Crippen molar-refractivity contribution in [2.45, 2.75) is 6.36 Å². The van der Waals surface area contributed by atoms with Crippen molar-refractivity contribution in [1.29, 1.82) is 5.26 Å². The summed E-state index contributed by atoms with van der Waals surface area (Å²) in [5.41, 5.74) is 0.194. The van der Waals surface area contributed by atoms with Crippen molar-refractivity contribution < 1.29 is 17.9 Å². The number of anilines is 2. The highest BCUT2D eigenvalue weighted by atomic mass is 19.4. The number of para-hydroxylation sites is 2. The van der Waals surface area contributed by atoms with E-state index in [-0.39, 0.29) is 22.9 Å². The van der Waals surface area contributed by atoms with Crippen molar-refractivity contribution >= 4 is 11.5 Å². The number of hydrogen-bond acceptors (Lipinski definition) is 5. The number of alkyl halides is 3. The maximum absolute atomic E-state index is 12.2. The summed E-state index contributed by atoms with van der Waals surface area (Å²) in [6.07, 6.45) is -2.34. The molecule has 102 valence electrons. The lowest BCUT2D eigenvalue weighted by molar-refractivity contribution is -0.274. The number of rotatable bonds is 3. The Balaban J connectivity index is 2.22. The number of nitrogens with zero attached hydrogens (tertiary/aromatic N) is 3. The molecule has 1 heterocycles. The van der Waals surface area contributed by atoms with Crippen LogP contribution in [-0.4, -0.2) is 16.3 Å². The van der Waals surface area contributed by atoms with Crippen LogP contribution < -0.4 is 10.1 Å². The number of aromatic nitrogens is 2. The molecule has 2 aromatic rings. The second-order valence-corrected chi connectivity index (χ2v) is 3.57. The SMILES string of the molecule is N#Cc1cnc(Nc2ccccc2OC(F)(F)F)cn1. The summed E-state index contributed by atoms with van der Waals surface area (Å²) in [5, 5.41) is 11.2. The first-order valence-corrected chi connectivity index (χ1v) is 5.32. The van der Waals surface area contributed by atoms with Gasteiger partial charge in [-0.25, -0.2) is 9.97 Å². The Bertz CT molecular complexity index is 634. The molecule has 0 aliphatic heterocycles. The van der Waals surface area contributed by atoms with Crippen LogP contribution in [0.4, 0.5) is 24.7 Å². The number of nitrogens with one attached hydrogen (secondary N) is 1. The molecule has 0 aliphatic rings. The van der Waals surface area contributed by atoms with Gasteiger partial charge in [-0.05, 0) is 12.1 Å². The molecule has 0 fully saturated rings. The lowest BCUT2D eigenvalue weighted by Gasteiger charge is -2.13. The molecular weight excluding hydrogens is 273 g/mol. The standard InChI is InChI=1S/C12H7F3N4O/c13-12(14,15)20-10-4-2-1-3-9(10)19-11-7-17-8(5-16)6-18-11/h1-4,6-7H,(H,18,19). The Morgan fingerprint density at radius 1 is 1.15 bits per heavy atom. The number of nitriles is 1. The van der Waals surface area contributed by atoms with E-state index in [1.165, 1.54) is 30.6 Å². The van der Waals surface area contributed by atoms with Crippen LogP contribution in [0.3, 0.4) is 0 Å². The van der Waals surface area contributed by atoms with Gasteiger partial charge >= 0.3 is 6.36 Å². The molecule has 0 saturated carbocycles. The van der Waals surface area contributed by atoms with Gasteiger partial charge in [0, 0.05) is 0 Å². The van der Waals surface area contributed by atoms with Crippen molar-refractivity contribution in [3.63, 3.8) is 0 Å². The third kappa shape index (κ3) is 3.58. The highest BCUT2D eigenvalue weighted by Crippen LogP contribution is 2.31. The Kier molecular flexibility index (Phi) is 3.70. The molecule has 2 rings (SSSR count). The first kappa shape index (κ1) is 13.6. The smallest absolute Gasteiger partial charge is 0.404 e. The molecule has 0 spiro atoms. The van der Waals surface area contributed by atoms with E-state index in [9.17, 15) is 13.2 Å². The minimum Gasteiger partial charge on any atom is -0.404 e. The summed E-state index contributed by atoms with van der Waals surface area (Å²) in [7, 11) is 0. The van der Waals surface area contributed by atoms with Crippen LogP contribution in [0.15, 0.2) is 36.7 Å². The zero-order valence-electron chi connectivity index (χ0n) is 9.85. The van der Waals surface area contributed by atoms with Crippen molar-refractivity contribution in [1.82, 2.24) is 9.97 Å². The minimum atomic E-state index is -4.78. The second kappa shape index (κ2) is 5.44. The third-order valence-corrected chi connectivity index (χ3v) is 2.14. The van der Waals surface area contributed by atoms with Gasteiger partial charge in [0.15, 0.2) is 11.4 Å². The predicted octanol–water partition coefficient (Wildman–Crippen LogP) is 2.99. The molecule has 8 heteroatoms. The van der Waals surface area contributed by atoms with Crippen LogP contribution in [-0.2, 0) is 0 Å². The molecule has 0 unspecified atom stereocenters. The van der Waals surface area contributed by atoms with Crippen LogP contribution in [0.2, 0.25) is 0 Å². The maximum atomic E-state index is 12.2. The van der Waals surface area contributed by atoms with Crippen LogP contribution in [0.25, 0.3) is 0 Å². The van der Waals surface area contributed by atoms with Gasteiger partial charge in [-0.15, -0.1) is 13.2 Å². The van der Waals surface area contributed by atoms with Gasteiger partial charge < -0.3 is 10.1 Å². The quantitative estimate of drug-likeness (QED) is 0.935. The van der Waals surface area contributed by atoms with Crippen LogP contribution in [0.1, 0.15) is 5.69 Å². The normalized spacial score (nSPS) is 10.7. The van der Waals surface area contributed by atoms with Crippen LogP contribution in [0, 0.1) is 11.3 Å². The Labute approximate surface area is 111 Å². The molecule has 0 atom stereocenters. The van der Waals surface area contributed by atoms with E-state index in [0.29, 0.717) is 0 Å². The second-order valence-electron chi connectivity index (χ2n) is 3.57. The fourth-order valence-electron chi connectivity index (χ4n) is 1.37. The van der Waals surface area contributed by atoms with Crippen LogP contribution in [0.5, 0.6) is 5.75 Å². The largest absolute Gasteiger partial charge is 0.573 e. The molecule has 1 N–H and O–H groups in total. The highest BCUT2D eigenvalue weighted by Gasteiger charge is 2.32. The summed E-state index contributed by atoms with van der Waals surface area (Å²) in [6.45, 7) is 0. The molecule has 20 heavy (non-hydrogen) atoms. The summed E-state index contributed by atoms with van der Waals surface area (Å²) >= 11 is 0. The summed E-state index contributed by atoms with van der Waals surface area (Å²) in [4.78, 5) is 7.60. The number of halogens is 3. The monoisotopic (exact) mass is 280 g/mol. The van der Waals surface area contributed by atoms with E-state index in [4.69, 9.17) is 5.26 Å². The van der Waals surface area contributed by atoms with E-state index >= 15 is 0 Å². The van der Waals surface area contributed by atoms with Gasteiger partial charge in [0.2, 0.25) is 0 Å². The van der Waals surface area contributed by atoms with Gasteiger partial charge in [0.05, 0.1) is 18.1 Å². The van der Waals surface area contributed by atoms with Crippen molar-refractivity contribution in [2.24, 2.45) is 0 Å². The lowest BCUT2D eigenvalue weighted by Crippen LogP contribution is -2.17. The number of ether oxygens (including phenoxy) is 1. The minimum absolute atomic E-state index is 0.0869. The van der Waals surface area contributed by atoms with Gasteiger partial charge in [-0.3, -0.25) is 0 Å². The van der Waals surface area contributed by atoms with Crippen molar-refractivity contribution in [3.8, 4) is 11.8 Å². The first-order chi connectivity index (χ1) is 9.48. The zero-order valence-corrected chi connectivity index (χ0v) is 9.85. The van der Waals surface area contributed by atoms with E-state index in [0.717, 1.165) is 0 Å². The van der Waals surface area contributed by atoms with E-state index in [2.05, 4.69) is 20.0 Å². The lowest BCUT2D eigenvalue weighted by atomic mass is 10.3. The maximum Gasteiger partial charge on any atom is 0.573 e.